The standard InChI is InChI=1S/C14H20OS/c1-2-3-4-7-13(15)11-6-5-8-14-12(11)9-10-16-14/h9-11H,2-8H2,1H3. The third-order valence-electron chi connectivity index (χ3n) is 3.47. The van der Waals surface area contributed by atoms with E-state index in [4.69, 9.17) is 0 Å². The second kappa shape index (κ2) is 5.62. The van der Waals surface area contributed by atoms with Crippen molar-refractivity contribution in [2.75, 3.05) is 0 Å². The van der Waals surface area contributed by atoms with Gasteiger partial charge in [-0.25, -0.2) is 0 Å². The number of thiophene rings is 1. The number of rotatable bonds is 5. The first-order chi connectivity index (χ1) is 7.83. The van der Waals surface area contributed by atoms with Gasteiger partial charge in [0.05, 0.1) is 0 Å². The lowest BCUT2D eigenvalue weighted by molar-refractivity contribution is -0.120. The normalized spacial score (nSPS) is 19.4. The number of Topliss-reactive ketones (excluding diaryl/α,β-unsaturated/α-hetero) is 1. The van der Waals surface area contributed by atoms with Crippen LogP contribution in [0.25, 0.3) is 0 Å². The molecule has 2 rings (SSSR count). The van der Waals surface area contributed by atoms with E-state index >= 15 is 0 Å². The molecule has 1 unspecified atom stereocenters. The molecule has 0 radical (unpaired) electrons. The van der Waals surface area contributed by atoms with Gasteiger partial charge in [-0.2, -0.15) is 0 Å². The molecule has 0 aromatic carbocycles. The lowest BCUT2D eigenvalue weighted by Crippen LogP contribution is -2.16. The maximum atomic E-state index is 12.1. The number of carbonyl (C=O) groups is 1. The Morgan fingerprint density at radius 1 is 1.50 bits per heavy atom. The van der Waals surface area contributed by atoms with E-state index < -0.39 is 0 Å². The predicted molar refractivity (Wildman–Crippen MR) is 69.1 cm³/mol. The summed E-state index contributed by atoms with van der Waals surface area (Å²) in [6.07, 6.45) is 7.70. The van der Waals surface area contributed by atoms with Crippen molar-refractivity contribution < 1.29 is 4.79 Å². The summed E-state index contributed by atoms with van der Waals surface area (Å²) in [5, 5.41) is 2.14. The molecule has 1 nitrogen and oxygen atoms in total. The molecule has 1 aromatic heterocycles. The Bertz CT molecular complexity index is 353. The zero-order chi connectivity index (χ0) is 11.4. The average Bonchev–Trinajstić information content (AvgIpc) is 2.76. The second-order valence-electron chi connectivity index (χ2n) is 4.67. The maximum Gasteiger partial charge on any atom is 0.140 e. The molecule has 0 N–H and O–H groups in total. The zero-order valence-electron chi connectivity index (χ0n) is 10.00. The van der Waals surface area contributed by atoms with Gasteiger partial charge in [-0.15, -0.1) is 11.3 Å². The van der Waals surface area contributed by atoms with E-state index in [0.29, 0.717) is 5.78 Å². The fraction of sp³-hybridized carbons (Fsp3) is 0.643. The highest BCUT2D eigenvalue weighted by molar-refractivity contribution is 7.10. The van der Waals surface area contributed by atoms with Crippen LogP contribution >= 0.6 is 11.3 Å². The molecule has 1 aliphatic rings. The Morgan fingerprint density at radius 3 is 3.19 bits per heavy atom. The van der Waals surface area contributed by atoms with E-state index in [1.165, 1.54) is 36.1 Å². The molecule has 1 aromatic rings. The van der Waals surface area contributed by atoms with E-state index in [0.717, 1.165) is 19.3 Å². The van der Waals surface area contributed by atoms with Gasteiger partial charge in [0.15, 0.2) is 0 Å². The smallest absolute Gasteiger partial charge is 0.140 e. The third kappa shape index (κ3) is 2.54. The van der Waals surface area contributed by atoms with Crippen LogP contribution in [0, 0.1) is 0 Å². The van der Waals surface area contributed by atoms with Crippen LogP contribution in [0.4, 0.5) is 0 Å². The topological polar surface area (TPSA) is 17.1 Å². The molecule has 0 saturated heterocycles. The molecule has 1 atom stereocenters. The van der Waals surface area contributed by atoms with E-state index in [9.17, 15) is 4.79 Å². The largest absolute Gasteiger partial charge is 0.299 e. The van der Waals surface area contributed by atoms with Crippen molar-refractivity contribution >= 4 is 17.1 Å². The van der Waals surface area contributed by atoms with E-state index in [1.54, 1.807) is 0 Å². The fourth-order valence-corrected chi connectivity index (χ4v) is 3.53. The fourth-order valence-electron chi connectivity index (χ4n) is 2.54. The zero-order valence-corrected chi connectivity index (χ0v) is 10.8. The molecule has 2 heteroatoms. The summed E-state index contributed by atoms with van der Waals surface area (Å²) in [5.74, 6) is 0.708. The van der Waals surface area contributed by atoms with Gasteiger partial charge in [-0.1, -0.05) is 19.8 Å². The van der Waals surface area contributed by atoms with Crippen LogP contribution in [0.15, 0.2) is 11.4 Å². The van der Waals surface area contributed by atoms with Gasteiger partial charge in [-0.3, -0.25) is 4.79 Å². The van der Waals surface area contributed by atoms with Gasteiger partial charge < -0.3 is 0 Å². The van der Waals surface area contributed by atoms with E-state index in [-0.39, 0.29) is 5.92 Å². The highest BCUT2D eigenvalue weighted by Crippen LogP contribution is 2.36. The Hall–Kier alpha value is -0.630. The van der Waals surface area contributed by atoms with Crippen molar-refractivity contribution in [1.29, 1.82) is 0 Å². The van der Waals surface area contributed by atoms with Gasteiger partial charge in [0.1, 0.15) is 5.78 Å². The number of aryl methyl sites for hydroxylation is 1. The Balaban J connectivity index is 1.98. The van der Waals surface area contributed by atoms with Crippen LogP contribution < -0.4 is 0 Å². The van der Waals surface area contributed by atoms with Crippen LogP contribution in [0.1, 0.15) is 61.8 Å². The first-order valence-corrected chi connectivity index (χ1v) is 7.30. The molecule has 1 heterocycles. The first kappa shape index (κ1) is 11.8. The minimum atomic E-state index is 0.229. The minimum absolute atomic E-state index is 0.229. The molecular weight excluding hydrogens is 216 g/mol. The summed E-state index contributed by atoms with van der Waals surface area (Å²) in [6, 6.07) is 2.17. The summed E-state index contributed by atoms with van der Waals surface area (Å²) in [7, 11) is 0. The van der Waals surface area contributed by atoms with E-state index in [1.807, 2.05) is 11.3 Å². The van der Waals surface area contributed by atoms with Crippen molar-refractivity contribution in [1.82, 2.24) is 0 Å². The molecular formula is C14H20OS. The number of unbranched alkanes of at least 4 members (excludes halogenated alkanes) is 2. The SMILES string of the molecule is CCCCCC(=O)C1CCCc2sccc21. The molecule has 0 amide bonds. The van der Waals surface area contributed by atoms with Gasteiger partial charge in [0, 0.05) is 17.2 Å². The van der Waals surface area contributed by atoms with Crippen LogP contribution in [-0.4, -0.2) is 5.78 Å². The molecule has 0 aliphatic heterocycles. The quantitative estimate of drug-likeness (QED) is 0.696. The molecule has 1 aliphatic carbocycles. The van der Waals surface area contributed by atoms with Crippen molar-refractivity contribution in [3.63, 3.8) is 0 Å². The third-order valence-corrected chi connectivity index (χ3v) is 4.46. The van der Waals surface area contributed by atoms with Gasteiger partial charge in [0.2, 0.25) is 0 Å². The van der Waals surface area contributed by atoms with Crippen molar-refractivity contribution in [3.05, 3.63) is 21.9 Å². The highest BCUT2D eigenvalue weighted by Gasteiger charge is 2.26. The lowest BCUT2D eigenvalue weighted by Gasteiger charge is -2.21. The number of ketones is 1. The molecule has 0 fully saturated rings. The number of fused-ring (bicyclic) bond motifs is 1. The highest BCUT2D eigenvalue weighted by atomic mass is 32.1. The number of carbonyl (C=O) groups excluding carboxylic acids is 1. The average molecular weight is 236 g/mol. The monoisotopic (exact) mass is 236 g/mol. The molecule has 16 heavy (non-hydrogen) atoms. The Kier molecular flexibility index (Phi) is 4.16. The summed E-state index contributed by atoms with van der Waals surface area (Å²) in [5.41, 5.74) is 1.35. The van der Waals surface area contributed by atoms with Crippen LogP contribution in [0.2, 0.25) is 0 Å². The van der Waals surface area contributed by atoms with Crippen molar-refractivity contribution in [3.8, 4) is 0 Å². The predicted octanol–water partition coefficient (Wildman–Crippen LogP) is 4.32. The minimum Gasteiger partial charge on any atom is -0.299 e. The summed E-state index contributed by atoms with van der Waals surface area (Å²) in [4.78, 5) is 13.6. The second-order valence-corrected chi connectivity index (χ2v) is 5.67. The van der Waals surface area contributed by atoms with Gasteiger partial charge >= 0.3 is 0 Å². The van der Waals surface area contributed by atoms with Gasteiger partial charge in [0.25, 0.3) is 0 Å². The first-order valence-electron chi connectivity index (χ1n) is 6.42. The molecule has 0 bridgehead atoms. The Labute approximate surface area is 102 Å². The number of hydrogen-bond acceptors (Lipinski definition) is 2. The van der Waals surface area contributed by atoms with Crippen LogP contribution in [-0.2, 0) is 11.2 Å². The molecule has 0 saturated carbocycles. The van der Waals surface area contributed by atoms with Crippen molar-refractivity contribution in [2.45, 2.75) is 57.8 Å². The summed E-state index contributed by atoms with van der Waals surface area (Å²) in [6.45, 7) is 2.18. The summed E-state index contributed by atoms with van der Waals surface area (Å²) >= 11 is 1.82. The lowest BCUT2D eigenvalue weighted by atomic mass is 9.83. The molecule has 0 spiro atoms. The maximum absolute atomic E-state index is 12.1. The Morgan fingerprint density at radius 2 is 2.38 bits per heavy atom. The van der Waals surface area contributed by atoms with Gasteiger partial charge in [-0.05, 0) is 42.7 Å². The molecule has 88 valence electrons. The van der Waals surface area contributed by atoms with Crippen molar-refractivity contribution in [2.24, 2.45) is 0 Å². The van der Waals surface area contributed by atoms with E-state index in [2.05, 4.69) is 18.4 Å². The van der Waals surface area contributed by atoms with Crippen LogP contribution in [0.5, 0.6) is 0 Å². The summed E-state index contributed by atoms with van der Waals surface area (Å²) < 4.78 is 0. The van der Waals surface area contributed by atoms with Crippen LogP contribution in [0.3, 0.4) is 0 Å². The number of hydrogen-bond donors (Lipinski definition) is 0.